The van der Waals surface area contributed by atoms with Crippen molar-refractivity contribution in [2.24, 2.45) is 5.92 Å². The lowest BCUT2D eigenvalue weighted by molar-refractivity contribution is 0.289. The van der Waals surface area contributed by atoms with Gasteiger partial charge in [0.05, 0.1) is 4.47 Å². The van der Waals surface area contributed by atoms with Gasteiger partial charge in [0.25, 0.3) is 0 Å². The van der Waals surface area contributed by atoms with Gasteiger partial charge in [0.2, 0.25) is 0 Å². The number of aryl methyl sites for hydroxylation is 1. The van der Waals surface area contributed by atoms with Crippen molar-refractivity contribution >= 4 is 15.9 Å². The number of hydrogen-bond donors (Lipinski definition) is 0. The smallest absolute Gasteiger partial charge is 0.143 e. The standard InChI is InChI=1S/C14H17BrF2/c1-9-8-12(16)13(15)14(17)11(9)7-3-6-10-4-2-5-10/h8,10H,2-7H2,1H3. The van der Waals surface area contributed by atoms with Crippen LogP contribution in [-0.2, 0) is 6.42 Å². The molecule has 0 bridgehead atoms. The summed E-state index contributed by atoms with van der Waals surface area (Å²) in [5, 5.41) is 0. The Morgan fingerprint density at radius 1 is 1.35 bits per heavy atom. The summed E-state index contributed by atoms with van der Waals surface area (Å²) in [6.07, 6.45) is 6.89. The van der Waals surface area contributed by atoms with Crippen LogP contribution in [0.5, 0.6) is 0 Å². The molecule has 1 aliphatic rings. The zero-order valence-corrected chi connectivity index (χ0v) is 11.6. The van der Waals surface area contributed by atoms with Crippen LogP contribution in [0.1, 0.15) is 43.2 Å². The van der Waals surface area contributed by atoms with Crippen LogP contribution in [0.3, 0.4) is 0 Å². The molecule has 0 saturated heterocycles. The Bertz CT molecular complexity index is 411. The summed E-state index contributed by atoms with van der Waals surface area (Å²) in [6, 6.07) is 1.41. The third-order valence-corrected chi connectivity index (χ3v) is 4.48. The maximum atomic E-state index is 13.9. The Morgan fingerprint density at radius 3 is 2.65 bits per heavy atom. The van der Waals surface area contributed by atoms with Crippen molar-refractivity contribution in [1.29, 1.82) is 0 Å². The fourth-order valence-electron chi connectivity index (χ4n) is 2.41. The number of benzene rings is 1. The lowest BCUT2D eigenvalue weighted by atomic mass is 9.81. The molecule has 0 N–H and O–H groups in total. The first-order valence-electron chi connectivity index (χ1n) is 6.22. The summed E-state index contributed by atoms with van der Waals surface area (Å²) in [4.78, 5) is 0. The zero-order chi connectivity index (χ0) is 12.4. The summed E-state index contributed by atoms with van der Waals surface area (Å²) in [5.74, 6) is -0.0823. The Kier molecular flexibility index (Phi) is 4.18. The normalized spacial score (nSPS) is 16.0. The Hall–Kier alpha value is -0.440. The summed E-state index contributed by atoms with van der Waals surface area (Å²) in [5.41, 5.74) is 1.38. The minimum Gasteiger partial charge on any atom is -0.206 e. The second-order valence-corrected chi connectivity index (χ2v) is 5.76. The minimum atomic E-state index is -0.511. The summed E-state index contributed by atoms with van der Waals surface area (Å²) in [7, 11) is 0. The first-order chi connectivity index (χ1) is 8.09. The molecule has 0 aromatic heterocycles. The maximum Gasteiger partial charge on any atom is 0.143 e. The topological polar surface area (TPSA) is 0 Å². The maximum absolute atomic E-state index is 13.9. The predicted octanol–water partition coefficient (Wildman–Crippen LogP) is 5.16. The van der Waals surface area contributed by atoms with Crippen LogP contribution in [-0.4, -0.2) is 0 Å². The van der Waals surface area contributed by atoms with E-state index in [1.54, 1.807) is 6.92 Å². The fraction of sp³-hybridized carbons (Fsp3) is 0.571. The molecule has 0 radical (unpaired) electrons. The first kappa shape index (κ1) is 13.0. The molecule has 1 aliphatic carbocycles. The molecule has 0 aliphatic heterocycles. The molecule has 0 spiro atoms. The highest BCUT2D eigenvalue weighted by Gasteiger charge is 2.18. The Balaban J connectivity index is 2.01. The SMILES string of the molecule is Cc1cc(F)c(Br)c(F)c1CCCC1CCC1. The van der Waals surface area contributed by atoms with Gasteiger partial charge >= 0.3 is 0 Å². The van der Waals surface area contributed by atoms with E-state index in [-0.39, 0.29) is 4.47 Å². The summed E-state index contributed by atoms with van der Waals surface area (Å²) >= 11 is 2.96. The summed E-state index contributed by atoms with van der Waals surface area (Å²) < 4.78 is 27.1. The van der Waals surface area contributed by atoms with Crippen molar-refractivity contribution in [2.75, 3.05) is 0 Å². The number of halogens is 3. The highest BCUT2D eigenvalue weighted by Crippen LogP contribution is 2.32. The first-order valence-corrected chi connectivity index (χ1v) is 7.02. The van der Waals surface area contributed by atoms with Gasteiger partial charge in [0.15, 0.2) is 0 Å². The largest absolute Gasteiger partial charge is 0.206 e. The van der Waals surface area contributed by atoms with E-state index in [0.29, 0.717) is 12.0 Å². The average molecular weight is 303 g/mol. The molecule has 1 fully saturated rings. The van der Waals surface area contributed by atoms with E-state index in [0.717, 1.165) is 17.9 Å². The molecule has 0 nitrogen and oxygen atoms in total. The number of rotatable bonds is 4. The molecule has 17 heavy (non-hydrogen) atoms. The molecule has 1 saturated carbocycles. The molecule has 0 unspecified atom stereocenters. The fourth-order valence-corrected chi connectivity index (χ4v) is 2.76. The third kappa shape index (κ3) is 2.87. The molecular formula is C14H17BrF2. The van der Waals surface area contributed by atoms with Crippen LogP contribution >= 0.6 is 15.9 Å². The third-order valence-electron chi connectivity index (χ3n) is 3.75. The van der Waals surface area contributed by atoms with Gasteiger partial charge in [-0.1, -0.05) is 25.7 Å². The van der Waals surface area contributed by atoms with Crippen molar-refractivity contribution in [2.45, 2.75) is 45.4 Å². The van der Waals surface area contributed by atoms with Gasteiger partial charge < -0.3 is 0 Å². The molecule has 0 amide bonds. The van der Waals surface area contributed by atoms with E-state index in [2.05, 4.69) is 15.9 Å². The van der Waals surface area contributed by atoms with Gasteiger partial charge in [-0.05, 0) is 58.8 Å². The van der Waals surface area contributed by atoms with E-state index in [1.807, 2.05) is 0 Å². The van der Waals surface area contributed by atoms with E-state index in [9.17, 15) is 8.78 Å². The minimum absolute atomic E-state index is 0.0262. The van der Waals surface area contributed by atoms with Crippen molar-refractivity contribution in [3.63, 3.8) is 0 Å². The van der Waals surface area contributed by atoms with Crippen molar-refractivity contribution in [3.8, 4) is 0 Å². The second-order valence-electron chi connectivity index (χ2n) is 4.97. The molecule has 1 aromatic rings. The summed E-state index contributed by atoms with van der Waals surface area (Å²) in [6.45, 7) is 1.78. The van der Waals surface area contributed by atoms with E-state index < -0.39 is 11.6 Å². The second kappa shape index (κ2) is 5.47. The van der Waals surface area contributed by atoms with Gasteiger partial charge in [-0.3, -0.25) is 0 Å². The van der Waals surface area contributed by atoms with Crippen LogP contribution in [0.4, 0.5) is 8.78 Å². The van der Waals surface area contributed by atoms with Crippen LogP contribution in [0.25, 0.3) is 0 Å². The highest BCUT2D eigenvalue weighted by atomic mass is 79.9. The van der Waals surface area contributed by atoms with Crippen molar-refractivity contribution in [1.82, 2.24) is 0 Å². The molecule has 2 rings (SSSR count). The van der Waals surface area contributed by atoms with Gasteiger partial charge in [0.1, 0.15) is 11.6 Å². The van der Waals surface area contributed by atoms with Gasteiger partial charge in [0, 0.05) is 0 Å². The van der Waals surface area contributed by atoms with Gasteiger partial charge in [-0.2, -0.15) is 0 Å². The van der Waals surface area contributed by atoms with Crippen molar-refractivity contribution < 1.29 is 8.78 Å². The zero-order valence-electron chi connectivity index (χ0n) is 10.0. The Morgan fingerprint density at radius 2 is 2.06 bits per heavy atom. The molecule has 0 atom stereocenters. The van der Waals surface area contributed by atoms with Crippen LogP contribution in [0.15, 0.2) is 10.5 Å². The van der Waals surface area contributed by atoms with E-state index in [4.69, 9.17) is 0 Å². The molecule has 94 valence electrons. The van der Waals surface area contributed by atoms with Crippen LogP contribution < -0.4 is 0 Å². The monoisotopic (exact) mass is 302 g/mol. The average Bonchev–Trinajstić information content (AvgIpc) is 2.22. The highest BCUT2D eigenvalue weighted by molar-refractivity contribution is 9.10. The van der Waals surface area contributed by atoms with Gasteiger partial charge in [-0.25, -0.2) is 8.78 Å². The van der Waals surface area contributed by atoms with E-state index >= 15 is 0 Å². The molecule has 3 heteroatoms. The lowest BCUT2D eigenvalue weighted by Gasteiger charge is -2.25. The molecule has 1 aromatic carbocycles. The van der Waals surface area contributed by atoms with Gasteiger partial charge in [-0.15, -0.1) is 0 Å². The van der Waals surface area contributed by atoms with Crippen molar-refractivity contribution in [3.05, 3.63) is 33.3 Å². The Labute approximate surface area is 110 Å². The van der Waals surface area contributed by atoms with Crippen LogP contribution in [0.2, 0.25) is 0 Å². The van der Waals surface area contributed by atoms with E-state index in [1.165, 1.54) is 31.7 Å². The molecule has 0 heterocycles. The van der Waals surface area contributed by atoms with Crippen LogP contribution in [0, 0.1) is 24.5 Å². The quantitative estimate of drug-likeness (QED) is 0.674. The molecular weight excluding hydrogens is 286 g/mol. The lowest BCUT2D eigenvalue weighted by Crippen LogP contribution is -2.11. The number of hydrogen-bond acceptors (Lipinski definition) is 0. The predicted molar refractivity (Wildman–Crippen MR) is 69.1 cm³/mol.